The van der Waals surface area contributed by atoms with Crippen molar-refractivity contribution in [3.63, 3.8) is 0 Å². The average molecular weight is 243 g/mol. The van der Waals surface area contributed by atoms with E-state index in [0.717, 1.165) is 0 Å². The van der Waals surface area contributed by atoms with Crippen LogP contribution in [0.1, 0.15) is 0 Å². The Morgan fingerprint density at radius 2 is 1.80 bits per heavy atom. The van der Waals surface area contributed by atoms with Gasteiger partial charge in [-0.1, -0.05) is 0 Å². The molecule has 1 saturated heterocycles. The predicted molar refractivity (Wildman–Crippen MR) is 50.4 cm³/mol. The quantitative estimate of drug-likeness (QED) is 0.428. The van der Waals surface area contributed by atoms with Crippen molar-refractivity contribution >= 4 is 11.6 Å². The van der Waals surface area contributed by atoms with E-state index in [0.29, 0.717) is 0 Å². The fourth-order valence-corrected chi connectivity index (χ4v) is 1.45. The van der Waals surface area contributed by atoms with Crippen LogP contribution in [0.2, 0.25) is 0 Å². The molecule has 1 fully saturated rings. The number of alkyl halides is 1. The molecule has 0 aromatic heterocycles. The van der Waals surface area contributed by atoms with Crippen molar-refractivity contribution in [2.24, 2.45) is 0 Å². The minimum atomic E-state index is -1.41. The summed E-state index contributed by atoms with van der Waals surface area (Å²) in [4.78, 5) is 0. The maximum atomic E-state index is 9.46. The molecule has 1 aliphatic heterocycles. The molecule has 0 unspecified atom stereocenters. The summed E-state index contributed by atoms with van der Waals surface area (Å²) in [6.07, 6.45) is -6.15. The Labute approximate surface area is 92.0 Å². The zero-order chi connectivity index (χ0) is 11.4. The van der Waals surface area contributed by atoms with Gasteiger partial charge in [0.25, 0.3) is 0 Å². The number of aliphatic hydroxyl groups excluding tert-OH is 4. The van der Waals surface area contributed by atoms with Gasteiger partial charge in [-0.15, -0.1) is 11.6 Å². The van der Waals surface area contributed by atoms with Crippen molar-refractivity contribution in [2.45, 2.75) is 30.7 Å². The molecule has 0 aliphatic carbocycles. The second kappa shape index (κ2) is 5.95. The summed E-state index contributed by atoms with van der Waals surface area (Å²) >= 11 is 5.38. The molecule has 0 aromatic rings. The van der Waals surface area contributed by atoms with E-state index < -0.39 is 37.3 Å². The van der Waals surface area contributed by atoms with Crippen LogP contribution >= 0.6 is 11.6 Å². The Morgan fingerprint density at radius 3 is 2.33 bits per heavy atom. The van der Waals surface area contributed by atoms with Gasteiger partial charge in [0.1, 0.15) is 24.4 Å². The summed E-state index contributed by atoms with van der Waals surface area (Å²) in [5.41, 5.74) is 0. The van der Waals surface area contributed by atoms with E-state index in [1.54, 1.807) is 0 Å². The molecule has 0 bridgehead atoms. The second-order valence-corrected chi connectivity index (χ2v) is 3.64. The maximum absolute atomic E-state index is 9.46. The third kappa shape index (κ3) is 3.01. The smallest absolute Gasteiger partial charge is 0.186 e. The van der Waals surface area contributed by atoms with Crippen molar-refractivity contribution < 1.29 is 29.9 Å². The van der Waals surface area contributed by atoms with Crippen molar-refractivity contribution in [1.82, 2.24) is 0 Å². The Hall–Kier alpha value is 0.0500. The SMILES string of the molecule is OC[C@H]1O[C@@H](OCCCl)[C@H](O)[C@@H](O)[C@H]1O. The predicted octanol–water partition coefficient (Wildman–Crippen LogP) is -1.96. The molecule has 1 aliphatic rings. The van der Waals surface area contributed by atoms with Crippen LogP contribution < -0.4 is 0 Å². The minimum Gasteiger partial charge on any atom is -0.394 e. The lowest BCUT2D eigenvalue weighted by Gasteiger charge is -2.39. The summed E-state index contributed by atoms with van der Waals surface area (Å²) in [7, 11) is 0. The third-order valence-electron chi connectivity index (χ3n) is 2.21. The highest BCUT2D eigenvalue weighted by atomic mass is 35.5. The van der Waals surface area contributed by atoms with Gasteiger partial charge in [-0.2, -0.15) is 0 Å². The molecule has 90 valence electrons. The number of aliphatic hydroxyl groups is 4. The largest absolute Gasteiger partial charge is 0.394 e. The van der Waals surface area contributed by atoms with Gasteiger partial charge in [-0.3, -0.25) is 0 Å². The molecular weight excluding hydrogens is 228 g/mol. The van der Waals surface area contributed by atoms with Gasteiger partial charge in [-0.05, 0) is 0 Å². The molecule has 1 rings (SSSR count). The van der Waals surface area contributed by atoms with Crippen LogP contribution in [0.3, 0.4) is 0 Å². The fourth-order valence-electron chi connectivity index (χ4n) is 1.37. The molecular formula is C8H15ClO6. The van der Waals surface area contributed by atoms with E-state index in [-0.39, 0.29) is 12.5 Å². The third-order valence-corrected chi connectivity index (χ3v) is 2.36. The Bertz CT molecular complexity index is 190. The van der Waals surface area contributed by atoms with Gasteiger partial charge in [0, 0.05) is 5.88 Å². The first-order valence-electron chi connectivity index (χ1n) is 4.60. The van der Waals surface area contributed by atoms with Crippen LogP contribution in [0.25, 0.3) is 0 Å². The van der Waals surface area contributed by atoms with E-state index >= 15 is 0 Å². The van der Waals surface area contributed by atoms with E-state index in [4.69, 9.17) is 26.2 Å². The van der Waals surface area contributed by atoms with Gasteiger partial charge in [0.05, 0.1) is 13.2 Å². The molecule has 0 radical (unpaired) electrons. The zero-order valence-corrected chi connectivity index (χ0v) is 8.75. The van der Waals surface area contributed by atoms with E-state index in [1.165, 1.54) is 0 Å². The van der Waals surface area contributed by atoms with Crippen LogP contribution in [0, 0.1) is 0 Å². The van der Waals surface area contributed by atoms with Crippen molar-refractivity contribution in [3.8, 4) is 0 Å². The van der Waals surface area contributed by atoms with E-state index in [2.05, 4.69) is 0 Å². The van der Waals surface area contributed by atoms with Crippen LogP contribution in [0.5, 0.6) is 0 Å². The summed E-state index contributed by atoms with van der Waals surface area (Å²) in [5.74, 6) is 0.217. The average Bonchev–Trinajstić information content (AvgIpc) is 2.25. The van der Waals surface area contributed by atoms with Crippen LogP contribution in [-0.2, 0) is 9.47 Å². The normalized spacial score (nSPS) is 41.8. The number of hydrogen-bond acceptors (Lipinski definition) is 6. The molecule has 7 heteroatoms. The zero-order valence-electron chi connectivity index (χ0n) is 7.99. The van der Waals surface area contributed by atoms with Crippen LogP contribution in [0.4, 0.5) is 0 Å². The first-order chi connectivity index (χ1) is 7.11. The molecule has 0 spiro atoms. The van der Waals surface area contributed by atoms with Crippen molar-refractivity contribution in [3.05, 3.63) is 0 Å². The molecule has 5 atom stereocenters. The fraction of sp³-hybridized carbons (Fsp3) is 1.00. The number of ether oxygens (including phenoxy) is 2. The molecule has 0 saturated carbocycles. The molecule has 1 heterocycles. The first-order valence-corrected chi connectivity index (χ1v) is 5.13. The van der Waals surface area contributed by atoms with E-state index in [9.17, 15) is 15.3 Å². The van der Waals surface area contributed by atoms with Crippen LogP contribution in [-0.4, -0.2) is 70.2 Å². The standard InChI is InChI=1S/C8H15ClO6/c9-1-2-14-8-7(13)6(12)5(11)4(3-10)15-8/h4-8,10-13H,1-3H2/t4-,5+,6+,7-,8-/m1/s1. The molecule has 0 aromatic carbocycles. The van der Waals surface area contributed by atoms with Gasteiger partial charge in [0.15, 0.2) is 6.29 Å². The first kappa shape index (κ1) is 13.1. The molecule has 4 N–H and O–H groups in total. The van der Waals surface area contributed by atoms with Crippen LogP contribution in [0.15, 0.2) is 0 Å². The maximum Gasteiger partial charge on any atom is 0.186 e. The minimum absolute atomic E-state index is 0.143. The highest BCUT2D eigenvalue weighted by Crippen LogP contribution is 2.21. The summed E-state index contributed by atoms with van der Waals surface area (Å²) in [6.45, 7) is -0.323. The highest BCUT2D eigenvalue weighted by molar-refractivity contribution is 6.17. The van der Waals surface area contributed by atoms with Gasteiger partial charge in [0.2, 0.25) is 0 Å². The van der Waals surface area contributed by atoms with Crippen molar-refractivity contribution in [1.29, 1.82) is 0 Å². The van der Waals surface area contributed by atoms with Gasteiger partial charge < -0.3 is 29.9 Å². The second-order valence-electron chi connectivity index (χ2n) is 3.26. The number of halogens is 1. The van der Waals surface area contributed by atoms with E-state index in [1.807, 2.05) is 0 Å². The monoisotopic (exact) mass is 242 g/mol. The van der Waals surface area contributed by atoms with Gasteiger partial charge >= 0.3 is 0 Å². The number of rotatable bonds is 4. The van der Waals surface area contributed by atoms with Gasteiger partial charge in [-0.25, -0.2) is 0 Å². The lowest BCUT2D eigenvalue weighted by atomic mass is 9.99. The Morgan fingerprint density at radius 1 is 1.13 bits per heavy atom. The lowest BCUT2D eigenvalue weighted by molar-refractivity contribution is -0.299. The van der Waals surface area contributed by atoms with Crippen molar-refractivity contribution in [2.75, 3.05) is 19.1 Å². The highest BCUT2D eigenvalue weighted by Gasteiger charge is 2.43. The molecule has 6 nitrogen and oxygen atoms in total. The topological polar surface area (TPSA) is 99.4 Å². The summed E-state index contributed by atoms with van der Waals surface area (Å²) in [5, 5.41) is 37.1. The lowest BCUT2D eigenvalue weighted by Crippen LogP contribution is -2.59. The Balaban J connectivity index is 2.57. The summed E-state index contributed by atoms with van der Waals surface area (Å²) < 4.78 is 10.1. The molecule has 0 amide bonds. The Kier molecular flexibility index (Phi) is 5.20. The molecule has 15 heavy (non-hydrogen) atoms. The summed E-state index contributed by atoms with van der Waals surface area (Å²) in [6, 6.07) is 0. The number of hydrogen-bond donors (Lipinski definition) is 4.